The molecule has 0 spiro atoms. The van der Waals surface area contributed by atoms with E-state index in [4.69, 9.17) is 18.9 Å². The number of carbonyl (C=O) groups is 2. The molecule has 1 N–H and O–H groups in total. The SMILES string of the molecule is C/C(=C\Cc1c(O)c2c(c(C)c1OCP(C)(C)=O)COC2=O)CCC(=O)OCCN1CCOCC1. The van der Waals surface area contributed by atoms with E-state index in [1.807, 2.05) is 13.0 Å². The number of phenols is 1. The minimum absolute atomic E-state index is 0.0207. The van der Waals surface area contributed by atoms with E-state index < -0.39 is 13.1 Å². The smallest absolute Gasteiger partial charge is 0.342 e. The Morgan fingerprint density at radius 3 is 2.63 bits per heavy atom. The van der Waals surface area contributed by atoms with Gasteiger partial charge in [-0.15, -0.1) is 0 Å². The molecule has 1 fully saturated rings. The zero-order valence-corrected chi connectivity index (χ0v) is 21.9. The molecule has 0 aromatic heterocycles. The fourth-order valence-electron chi connectivity index (χ4n) is 4.03. The monoisotopic (exact) mass is 509 g/mol. The van der Waals surface area contributed by atoms with Crippen molar-refractivity contribution in [3.05, 3.63) is 33.9 Å². The molecule has 0 radical (unpaired) electrons. The Morgan fingerprint density at radius 1 is 1.23 bits per heavy atom. The average molecular weight is 510 g/mol. The molecule has 2 aliphatic rings. The molecule has 1 aromatic carbocycles. The number of rotatable bonds is 11. The third-order valence-electron chi connectivity index (χ3n) is 6.12. The molecule has 3 rings (SSSR count). The first-order valence-electron chi connectivity index (χ1n) is 11.9. The molecular weight excluding hydrogens is 473 g/mol. The van der Waals surface area contributed by atoms with Crippen LogP contribution in [0, 0.1) is 6.92 Å². The Balaban J connectivity index is 1.62. The van der Waals surface area contributed by atoms with E-state index >= 15 is 0 Å². The van der Waals surface area contributed by atoms with Gasteiger partial charge in [-0.2, -0.15) is 0 Å². The zero-order valence-electron chi connectivity index (χ0n) is 21.1. The topological polar surface area (TPSA) is 112 Å². The third kappa shape index (κ3) is 7.56. The lowest BCUT2D eigenvalue weighted by molar-refractivity contribution is -0.144. The van der Waals surface area contributed by atoms with Crippen LogP contribution in [0.1, 0.15) is 46.8 Å². The van der Waals surface area contributed by atoms with Crippen molar-refractivity contribution in [2.75, 3.05) is 59.1 Å². The highest BCUT2D eigenvalue weighted by Crippen LogP contribution is 2.44. The summed E-state index contributed by atoms with van der Waals surface area (Å²) in [6.45, 7) is 11.2. The molecule has 0 bridgehead atoms. The predicted octanol–water partition coefficient (Wildman–Crippen LogP) is 3.47. The summed E-state index contributed by atoms with van der Waals surface area (Å²) in [5.74, 6) is -0.562. The summed E-state index contributed by atoms with van der Waals surface area (Å²) >= 11 is 0. The Bertz CT molecular complexity index is 1020. The summed E-state index contributed by atoms with van der Waals surface area (Å²) < 4.78 is 33.9. The first kappa shape index (κ1) is 27.2. The van der Waals surface area contributed by atoms with Crippen molar-refractivity contribution in [1.82, 2.24) is 4.90 Å². The first-order valence-corrected chi connectivity index (χ1v) is 14.7. The molecule has 10 heteroatoms. The number of fused-ring (bicyclic) bond motifs is 1. The Hall–Kier alpha value is -2.35. The van der Waals surface area contributed by atoms with Gasteiger partial charge in [0.25, 0.3) is 0 Å². The van der Waals surface area contributed by atoms with E-state index in [-0.39, 0.29) is 43.1 Å². The number of hydrogen-bond donors (Lipinski definition) is 1. The van der Waals surface area contributed by atoms with Gasteiger partial charge >= 0.3 is 11.9 Å². The summed E-state index contributed by atoms with van der Waals surface area (Å²) in [5, 5.41) is 10.9. The minimum atomic E-state index is -2.47. The van der Waals surface area contributed by atoms with Gasteiger partial charge in [-0.05, 0) is 45.6 Å². The molecular formula is C25H36NO8P. The van der Waals surface area contributed by atoms with E-state index in [0.29, 0.717) is 55.2 Å². The van der Waals surface area contributed by atoms with Crippen molar-refractivity contribution < 1.29 is 38.2 Å². The summed E-state index contributed by atoms with van der Waals surface area (Å²) in [5.41, 5.74) is 2.84. The van der Waals surface area contributed by atoms with Crippen molar-refractivity contribution in [1.29, 1.82) is 0 Å². The third-order valence-corrected chi connectivity index (χ3v) is 6.87. The van der Waals surface area contributed by atoms with Crippen molar-refractivity contribution >= 4 is 19.1 Å². The molecule has 9 nitrogen and oxygen atoms in total. The molecule has 1 aromatic rings. The van der Waals surface area contributed by atoms with E-state index in [2.05, 4.69) is 4.90 Å². The Labute approximate surface area is 206 Å². The number of ether oxygens (including phenoxy) is 4. The molecule has 0 aliphatic carbocycles. The normalized spacial score (nSPS) is 16.7. The van der Waals surface area contributed by atoms with Crippen LogP contribution in [0.2, 0.25) is 0 Å². The molecule has 0 saturated carbocycles. The van der Waals surface area contributed by atoms with Crippen molar-refractivity contribution in [3.8, 4) is 11.5 Å². The second-order valence-corrected chi connectivity index (χ2v) is 12.9. The van der Waals surface area contributed by atoms with Gasteiger partial charge in [0, 0.05) is 37.2 Å². The molecule has 1 saturated heterocycles. The molecule has 0 amide bonds. The van der Waals surface area contributed by atoms with Crippen LogP contribution in [0.4, 0.5) is 0 Å². The van der Waals surface area contributed by atoms with Gasteiger partial charge in [-0.3, -0.25) is 9.69 Å². The van der Waals surface area contributed by atoms with E-state index in [1.54, 1.807) is 20.3 Å². The van der Waals surface area contributed by atoms with E-state index in [1.165, 1.54) is 0 Å². The van der Waals surface area contributed by atoms with Gasteiger partial charge in [-0.25, -0.2) is 4.79 Å². The number of cyclic esters (lactones) is 1. The first-order chi connectivity index (χ1) is 16.6. The maximum absolute atomic E-state index is 12.2. The number of phenolic OH excluding ortho intramolecular Hbond substituents is 1. The zero-order chi connectivity index (χ0) is 25.6. The van der Waals surface area contributed by atoms with Gasteiger partial charge in [0.1, 0.15) is 43.8 Å². The summed E-state index contributed by atoms with van der Waals surface area (Å²) in [4.78, 5) is 26.5. The van der Waals surface area contributed by atoms with Gasteiger partial charge in [0.05, 0.1) is 13.2 Å². The van der Waals surface area contributed by atoms with Crippen molar-refractivity contribution in [2.24, 2.45) is 0 Å². The number of benzene rings is 1. The maximum atomic E-state index is 12.2. The highest BCUT2D eigenvalue weighted by molar-refractivity contribution is 7.62. The lowest BCUT2D eigenvalue weighted by Crippen LogP contribution is -2.38. The van der Waals surface area contributed by atoms with Gasteiger partial charge in [0.2, 0.25) is 0 Å². The number of morpholine rings is 1. The van der Waals surface area contributed by atoms with Crippen LogP contribution in [0.5, 0.6) is 11.5 Å². The largest absolute Gasteiger partial charge is 0.507 e. The maximum Gasteiger partial charge on any atom is 0.342 e. The Morgan fingerprint density at radius 2 is 1.94 bits per heavy atom. The van der Waals surface area contributed by atoms with Gasteiger partial charge in [-0.1, -0.05) is 11.6 Å². The number of allylic oxidation sites excluding steroid dienone is 2. The van der Waals surface area contributed by atoms with Crippen LogP contribution in [-0.2, 0) is 36.6 Å². The van der Waals surface area contributed by atoms with Crippen LogP contribution in [0.15, 0.2) is 11.6 Å². The van der Waals surface area contributed by atoms with Crippen LogP contribution in [-0.4, -0.2) is 81.1 Å². The van der Waals surface area contributed by atoms with Crippen molar-refractivity contribution in [3.63, 3.8) is 0 Å². The van der Waals surface area contributed by atoms with Gasteiger partial charge in [0.15, 0.2) is 0 Å². The molecule has 194 valence electrons. The Kier molecular flexibility index (Phi) is 9.39. The van der Waals surface area contributed by atoms with Crippen LogP contribution >= 0.6 is 7.14 Å². The lowest BCUT2D eigenvalue weighted by Gasteiger charge is -2.26. The number of hydrogen-bond acceptors (Lipinski definition) is 9. The van der Waals surface area contributed by atoms with Crippen molar-refractivity contribution in [2.45, 2.75) is 39.7 Å². The van der Waals surface area contributed by atoms with Crippen LogP contribution in [0.25, 0.3) is 0 Å². The molecule has 35 heavy (non-hydrogen) atoms. The highest BCUT2D eigenvalue weighted by Gasteiger charge is 2.32. The summed E-state index contributed by atoms with van der Waals surface area (Å²) in [7, 11) is -2.47. The average Bonchev–Trinajstić information content (AvgIpc) is 3.20. The highest BCUT2D eigenvalue weighted by atomic mass is 31.2. The fourth-order valence-corrected chi connectivity index (χ4v) is 4.47. The van der Waals surface area contributed by atoms with E-state index in [0.717, 1.165) is 18.7 Å². The van der Waals surface area contributed by atoms with E-state index in [9.17, 15) is 19.3 Å². The minimum Gasteiger partial charge on any atom is -0.507 e. The van der Waals surface area contributed by atoms with Crippen LogP contribution < -0.4 is 4.74 Å². The lowest BCUT2D eigenvalue weighted by atomic mass is 9.94. The standard InChI is InChI=1S/C25H36NO8P/c1-17(6-8-21(27)32-14-11-26-9-12-31-13-10-26)5-7-19-23(28)22-20(15-33-25(22)29)18(2)24(19)34-16-35(3,4)30/h5,28H,6-16H2,1-4H3/b17-5+. The molecule has 2 aliphatic heterocycles. The van der Waals surface area contributed by atoms with Crippen LogP contribution in [0.3, 0.4) is 0 Å². The summed E-state index contributed by atoms with van der Waals surface area (Å²) in [6, 6.07) is 0. The number of nitrogens with zero attached hydrogens (tertiary/aromatic N) is 1. The molecule has 0 atom stereocenters. The summed E-state index contributed by atoms with van der Waals surface area (Å²) in [6.07, 6.45) is 2.97. The van der Waals surface area contributed by atoms with Gasteiger partial charge < -0.3 is 28.6 Å². The second kappa shape index (κ2) is 12.1. The molecule has 0 unspecified atom stereocenters. The fraction of sp³-hybridized carbons (Fsp3) is 0.600. The quantitative estimate of drug-likeness (QED) is 0.272. The number of aromatic hydroxyl groups is 1. The number of esters is 2. The molecule has 2 heterocycles. The second-order valence-electron chi connectivity index (χ2n) is 9.49. The predicted molar refractivity (Wildman–Crippen MR) is 132 cm³/mol. The number of carbonyl (C=O) groups excluding carboxylic acids is 2.